The van der Waals surface area contributed by atoms with Gasteiger partial charge in [0.2, 0.25) is 0 Å². The molecule has 90 heavy (non-hydrogen) atoms. The summed E-state index contributed by atoms with van der Waals surface area (Å²) in [6.45, 7) is -0.130. The number of rotatable bonds is 10. The third-order valence-electron chi connectivity index (χ3n) is 20.5. The van der Waals surface area contributed by atoms with Crippen molar-refractivity contribution in [2.24, 2.45) is 11.8 Å². The number of hydrogen-bond donors (Lipinski definition) is 0. The van der Waals surface area contributed by atoms with Gasteiger partial charge in [0, 0.05) is 45.7 Å². The van der Waals surface area contributed by atoms with Crippen LogP contribution in [-0.2, 0) is 0 Å². The number of anilines is 9. The minimum atomic E-state index is -0.130. The first-order valence-electron chi connectivity index (χ1n) is 32.3. The van der Waals surface area contributed by atoms with E-state index in [1.807, 2.05) is 0 Å². The van der Waals surface area contributed by atoms with E-state index in [0.717, 1.165) is 23.2 Å². The maximum Gasteiger partial charge on any atom is 0.252 e. The van der Waals surface area contributed by atoms with Crippen LogP contribution in [0.4, 0.5) is 51.2 Å². The van der Waals surface area contributed by atoms with E-state index in [0.29, 0.717) is 5.92 Å². The van der Waals surface area contributed by atoms with Crippen LogP contribution >= 0.6 is 0 Å². The normalized spacial score (nSPS) is 17.3. The first kappa shape index (κ1) is 52.4. The second-order valence-electron chi connectivity index (χ2n) is 25.5. The minimum Gasteiger partial charge on any atom is -0.311 e. The summed E-state index contributed by atoms with van der Waals surface area (Å²) in [6.07, 6.45) is 5.42. The van der Waals surface area contributed by atoms with Gasteiger partial charge >= 0.3 is 0 Å². The summed E-state index contributed by atoms with van der Waals surface area (Å²) in [6, 6.07) is 119. The second kappa shape index (κ2) is 21.6. The lowest BCUT2D eigenvalue weighted by Crippen LogP contribution is -2.61. The predicted octanol–water partition coefficient (Wildman–Crippen LogP) is 21.0. The Hall–Kier alpha value is -10.7. The molecule has 4 atom stereocenters. The zero-order valence-electron chi connectivity index (χ0n) is 50.1. The van der Waals surface area contributed by atoms with Crippen LogP contribution in [0, 0.1) is 11.8 Å². The Morgan fingerprint density at radius 1 is 0.267 bits per heavy atom. The topological polar surface area (TPSA) is 9.72 Å². The van der Waals surface area contributed by atoms with Crippen molar-refractivity contribution in [2.45, 2.75) is 37.5 Å². The molecule has 4 unspecified atom stereocenters. The van der Waals surface area contributed by atoms with Gasteiger partial charge in [0.05, 0.1) is 11.4 Å². The van der Waals surface area contributed by atoms with Gasteiger partial charge in [0.15, 0.2) is 0 Å². The molecule has 2 saturated carbocycles. The maximum atomic E-state index is 2.63. The molecule has 0 radical (unpaired) electrons. The second-order valence-corrected chi connectivity index (χ2v) is 25.5. The summed E-state index contributed by atoms with van der Waals surface area (Å²) < 4.78 is 0. The Morgan fingerprint density at radius 3 is 1.29 bits per heavy atom. The van der Waals surface area contributed by atoms with E-state index in [1.165, 1.54) is 160 Å². The molecule has 0 N–H and O–H groups in total. The van der Waals surface area contributed by atoms with E-state index >= 15 is 0 Å². The Labute approximate surface area is 528 Å². The molecule has 0 aromatic heterocycles. The molecule has 2 aliphatic carbocycles. The molecule has 13 aromatic carbocycles. The van der Waals surface area contributed by atoms with Crippen LogP contribution in [0.25, 0.3) is 55.6 Å². The van der Waals surface area contributed by atoms with E-state index in [4.69, 9.17) is 0 Å². The third-order valence-corrected chi connectivity index (χ3v) is 20.5. The van der Waals surface area contributed by atoms with Crippen LogP contribution in [0.15, 0.2) is 315 Å². The molecule has 3 aliphatic heterocycles. The Balaban J connectivity index is 0.904. The van der Waals surface area contributed by atoms with Crippen molar-refractivity contribution >= 4 is 74.3 Å². The first-order valence-corrected chi connectivity index (χ1v) is 32.3. The fourth-order valence-electron chi connectivity index (χ4n) is 16.5. The average molecular weight is 1150 g/mol. The SMILES string of the molecule is c1ccc(-c2cc(-c3ccccc3)cc(N3c4ccc(C5c6ccccc6N(c6ccccc6)c6cc(C7CC8CCC7C8)ccc65)cc4B4c5ccc(-c6ccccc6)cc5N(c5cc(-c6ccccc6)cc(-c6ccccc6)c5)c5cccc3c54)c2)cc1. The molecule has 2 fully saturated rings. The quantitative estimate of drug-likeness (QED) is 0.126. The Morgan fingerprint density at radius 2 is 0.744 bits per heavy atom. The van der Waals surface area contributed by atoms with Gasteiger partial charge in [-0.2, -0.15) is 0 Å². The van der Waals surface area contributed by atoms with Crippen LogP contribution in [0.3, 0.4) is 0 Å². The number of hydrogen-bond acceptors (Lipinski definition) is 3. The zero-order valence-corrected chi connectivity index (χ0v) is 50.1. The van der Waals surface area contributed by atoms with E-state index in [2.05, 4.69) is 330 Å². The number of nitrogens with zero attached hydrogens (tertiary/aromatic N) is 3. The highest BCUT2D eigenvalue weighted by atomic mass is 15.2. The van der Waals surface area contributed by atoms with Crippen molar-refractivity contribution in [3.63, 3.8) is 0 Å². The van der Waals surface area contributed by atoms with Crippen molar-refractivity contribution in [2.75, 3.05) is 14.7 Å². The maximum absolute atomic E-state index is 2.63. The molecule has 5 aliphatic rings. The van der Waals surface area contributed by atoms with Crippen LogP contribution in [0.1, 0.15) is 59.8 Å². The molecular weight excluding hydrogens is 1090 g/mol. The highest BCUT2D eigenvalue weighted by molar-refractivity contribution is 7.00. The first-order chi connectivity index (χ1) is 44.6. The molecule has 13 aromatic rings. The largest absolute Gasteiger partial charge is 0.311 e. The standard InChI is InChI=1S/C86H64BN3/c1-7-22-58(23-8-1)63-41-44-77-84(55-63)90(73-52-69(61-28-13-4-14-29-61)49-70(53-73)62-30-15-5-16-31-62)82-37-21-36-81-86(82)87(77)78-54-66(42-45-80(78)89(81)72-50-67(59-24-9-2-10-25-59)48-68(51-72)60-26-11-3-12-27-60)85-74-34-19-20-35-79(74)88(71-32-17-6-18-33-71)83-56-65(40-43-75(83)85)76-47-57-38-39-64(76)46-57/h1-37,40-45,48-57,64,76,85H,38-39,46-47H2. The lowest BCUT2D eigenvalue weighted by molar-refractivity contribution is 0.420. The summed E-state index contributed by atoms with van der Waals surface area (Å²) >= 11 is 0. The van der Waals surface area contributed by atoms with Gasteiger partial charge in [-0.15, -0.1) is 0 Å². The lowest BCUT2D eigenvalue weighted by atomic mass is 9.33. The predicted molar refractivity (Wildman–Crippen MR) is 378 cm³/mol. The van der Waals surface area contributed by atoms with E-state index in [9.17, 15) is 0 Å². The number of para-hydroxylation sites is 2. The number of fused-ring (bicyclic) bond motifs is 8. The highest BCUT2D eigenvalue weighted by Gasteiger charge is 2.45. The fraction of sp³-hybridized carbons (Fsp3) is 0.0930. The monoisotopic (exact) mass is 1150 g/mol. The zero-order chi connectivity index (χ0) is 59.2. The highest BCUT2D eigenvalue weighted by Crippen LogP contribution is 2.57. The number of benzene rings is 13. The fourth-order valence-corrected chi connectivity index (χ4v) is 16.5. The Bertz CT molecular complexity index is 4760. The summed E-state index contributed by atoms with van der Waals surface area (Å²) in [5.74, 6) is 2.20. The van der Waals surface area contributed by atoms with Crippen molar-refractivity contribution in [3.05, 3.63) is 338 Å². The van der Waals surface area contributed by atoms with Crippen LogP contribution < -0.4 is 31.1 Å². The van der Waals surface area contributed by atoms with Crippen molar-refractivity contribution in [3.8, 4) is 55.6 Å². The van der Waals surface area contributed by atoms with E-state index in [-0.39, 0.29) is 12.6 Å². The molecule has 2 bridgehead atoms. The molecule has 4 heteroatoms. The minimum absolute atomic E-state index is 0.0381. The van der Waals surface area contributed by atoms with Gasteiger partial charge in [-0.1, -0.05) is 237 Å². The van der Waals surface area contributed by atoms with Crippen LogP contribution in [0.5, 0.6) is 0 Å². The van der Waals surface area contributed by atoms with Gasteiger partial charge in [0.25, 0.3) is 6.71 Å². The summed E-state index contributed by atoms with van der Waals surface area (Å²) in [7, 11) is 0. The molecule has 3 heterocycles. The summed E-state index contributed by atoms with van der Waals surface area (Å²) in [4.78, 5) is 7.77. The summed E-state index contributed by atoms with van der Waals surface area (Å²) in [5, 5.41) is 0. The third kappa shape index (κ3) is 8.79. The molecule has 0 saturated heterocycles. The summed E-state index contributed by atoms with van der Waals surface area (Å²) in [5.41, 5.74) is 31.7. The Kier molecular flexibility index (Phi) is 12.6. The lowest BCUT2D eigenvalue weighted by Gasteiger charge is -2.45. The molecule has 0 spiro atoms. The molecular formula is C86H64BN3. The van der Waals surface area contributed by atoms with E-state index < -0.39 is 0 Å². The van der Waals surface area contributed by atoms with Crippen molar-refractivity contribution in [1.82, 2.24) is 0 Å². The van der Waals surface area contributed by atoms with Crippen molar-refractivity contribution < 1.29 is 0 Å². The van der Waals surface area contributed by atoms with Gasteiger partial charge in [-0.3, -0.25) is 0 Å². The molecule has 18 rings (SSSR count). The van der Waals surface area contributed by atoms with E-state index in [1.54, 1.807) is 0 Å². The van der Waals surface area contributed by atoms with Gasteiger partial charge in [-0.25, -0.2) is 0 Å². The van der Waals surface area contributed by atoms with Crippen molar-refractivity contribution in [1.29, 1.82) is 0 Å². The smallest absolute Gasteiger partial charge is 0.252 e. The van der Waals surface area contributed by atoms with Crippen LogP contribution in [-0.4, -0.2) is 6.71 Å². The van der Waals surface area contributed by atoms with Gasteiger partial charge in [-0.05, 0) is 216 Å². The molecule has 426 valence electrons. The molecule has 3 nitrogen and oxygen atoms in total. The van der Waals surface area contributed by atoms with Gasteiger partial charge < -0.3 is 14.7 Å². The molecule has 0 amide bonds. The van der Waals surface area contributed by atoms with Crippen LogP contribution in [0.2, 0.25) is 0 Å². The average Bonchev–Trinajstić information content (AvgIpc) is 0.761. The van der Waals surface area contributed by atoms with Gasteiger partial charge in [0.1, 0.15) is 0 Å².